The Labute approximate surface area is 92.2 Å². The van der Waals surface area contributed by atoms with Crippen molar-refractivity contribution in [1.82, 2.24) is 10.6 Å². The number of aliphatic hydroxyl groups is 1. The molecule has 0 aromatic carbocycles. The maximum absolute atomic E-state index is 11.7. The van der Waals surface area contributed by atoms with Crippen molar-refractivity contribution >= 4 is 5.91 Å². The Morgan fingerprint density at radius 3 is 2.56 bits per heavy atom. The maximum Gasteiger partial charge on any atom is 0.401 e. The highest BCUT2D eigenvalue weighted by Gasteiger charge is 2.26. The third-order valence-electron chi connectivity index (χ3n) is 1.88. The lowest BCUT2D eigenvalue weighted by molar-refractivity contribution is -0.128. The molecule has 1 atom stereocenters. The van der Waals surface area contributed by atoms with E-state index in [0.29, 0.717) is 13.0 Å². The van der Waals surface area contributed by atoms with E-state index >= 15 is 0 Å². The van der Waals surface area contributed by atoms with Crippen molar-refractivity contribution in [1.29, 1.82) is 0 Å². The molecule has 0 heterocycles. The number of carbonyl (C=O) groups is 1. The van der Waals surface area contributed by atoms with Crippen LogP contribution >= 0.6 is 0 Å². The summed E-state index contributed by atoms with van der Waals surface area (Å²) in [4.78, 5) is 11.0. The molecule has 1 amide bonds. The van der Waals surface area contributed by atoms with Crippen LogP contribution in [0.5, 0.6) is 0 Å². The molecule has 0 spiro atoms. The summed E-state index contributed by atoms with van der Waals surface area (Å²) in [6.45, 7) is 0.689. The first-order valence-corrected chi connectivity index (χ1v) is 5.00. The summed E-state index contributed by atoms with van der Waals surface area (Å²) < 4.78 is 35.1. The first-order valence-electron chi connectivity index (χ1n) is 5.00. The lowest BCUT2D eigenvalue weighted by Gasteiger charge is -2.12. The van der Waals surface area contributed by atoms with Gasteiger partial charge in [-0.25, -0.2) is 0 Å². The van der Waals surface area contributed by atoms with Gasteiger partial charge in [-0.15, -0.1) is 0 Å². The van der Waals surface area contributed by atoms with Gasteiger partial charge < -0.3 is 15.7 Å². The van der Waals surface area contributed by atoms with Crippen LogP contribution in [-0.4, -0.2) is 43.4 Å². The van der Waals surface area contributed by atoms with Gasteiger partial charge in [0.05, 0.1) is 13.1 Å². The minimum Gasteiger partial charge on any atom is -0.396 e. The number of halogens is 3. The zero-order valence-corrected chi connectivity index (χ0v) is 9.10. The number of hydrogen-bond donors (Lipinski definition) is 3. The fraction of sp³-hybridized carbons (Fsp3) is 0.889. The van der Waals surface area contributed by atoms with Gasteiger partial charge in [-0.2, -0.15) is 13.2 Å². The third kappa shape index (κ3) is 9.72. The van der Waals surface area contributed by atoms with E-state index in [0.717, 1.165) is 0 Å². The summed E-state index contributed by atoms with van der Waals surface area (Å²) in [5.74, 6) is -0.370. The topological polar surface area (TPSA) is 61.4 Å². The van der Waals surface area contributed by atoms with Gasteiger partial charge in [-0.3, -0.25) is 4.79 Å². The number of aliphatic hydroxyl groups excluding tert-OH is 1. The van der Waals surface area contributed by atoms with Crippen LogP contribution in [0.25, 0.3) is 0 Å². The van der Waals surface area contributed by atoms with Crippen LogP contribution in [0.2, 0.25) is 0 Å². The van der Waals surface area contributed by atoms with Crippen molar-refractivity contribution in [2.45, 2.75) is 19.5 Å². The standard InChI is InChI=1S/C9H17F3N2O2/c1-7(2-3-15)4-14-8(16)5-13-6-9(10,11)12/h7,13,15H,2-6H2,1H3,(H,14,16). The van der Waals surface area contributed by atoms with E-state index in [1.807, 2.05) is 12.2 Å². The molecule has 0 aliphatic carbocycles. The molecule has 0 aliphatic heterocycles. The zero-order chi connectivity index (χ0) is 12.6. The van der Waals surface area contributed by atoms with Gasteiger partial charge in [-0.1, -0.05) is 6.92 Å². The molecule has 0 aliphatic rings. The lowest BCUT2D eigenvalue weighted by atomic mass is 10.1. The van der Waals surface area contributed by atoms with Gasteiger partial charge in [0.2, 0.25) is 5.91 Å². The monoisotopic (exact) mass is 242 g/mol. The van der Waals surface area contributed by atoms with E-state index in [9.17, 15) is 18.0 Å². The molecule has 1 unspecified atom stereocenters. The fourth-order valence-electron chi connectivity index (χ4n) is 0.991. The van der Waals surface area contributed by atoms with Crippen molar-refractivity contribution < 1.29 is 23.1 Å². The van der Waals surface area contributed by atoms with Crippen LogP contribution in [0.3, 0.4) is 0 Å². The molecule has 0 aromatic rings. The van der Waals surface area contributed by atoms with E-state index in [-0.39, 0.29) is 19.1 Å². The summed E-state index contributed by atoms with van der Waals surface area (Å²) in [7, 11) is 0. The van der Waals surface area contributed by atoms with Gasteiger partial charge in [0.15, 0.2) is 0 Å². The average molecular weight is 242 g/mol. The van der Waals surface area contributed by atoms with Crippen LogP contribution in [0, 0.1) is 5.92 Å². The Bertz CT molecular complexity index is 209. The summed E-state index contributed by atoms with van der Waals surface area (Å²) >= 11 is 0. The highest BCUT2D eigenvalue weighted by atomic mass is 19.4. The van der Waals surface area contributed by atoms with E-state index in [1.165, 1.54) is 0 Å². The quantitative estimate of drug-likeness (QED) is 0.600. The second-order valence-corrected chi connectivity index (χ2v) is 3.64. The predicted molar refractivity (Wildman–Crippen MR) is 52.8 cm³/mol. The second kappa shape index (κ2) is 7.45. The highest BCUT2D eigenvalue weighted by Crippen LogP contribution is 2.11. The predicted octanol–water partition coefficient (Wildman–Crippen LogP) is 0.273. The number of amides is 1. The summed E-state index contributed by atoms with van der Waals surface area (Å²) in [6.07, 6.45) is -3.75. The molecule has 0 rings (SSSR count). The van der Waals surface area contributed by atoms with E-state index in [2.05, 4.69) is 5.32 Å². The molecule has 16 heavy (non-hydrogen) atoms. The lowest BCUT2D eigenvalue weighted by Crippen LogP contribution is -2.39. The largest absolute Gasteiger partial charge is 0.401 e. The first kappa shape index (κ1) is 15.2. The molecular weight excluding hydrogens is 225 g/mol. The smallest absolute Gasteiger partial charge is 0.396 e. The molecule has 0 saturated heterocycles. The first-order chi connectivity index (χ1) is 7.35. The van der Waals surface area contributed by atoms with Gasteiger partial charge in [-0.05, 0) is 12.3 Å². The van der Waals surface area contributed by atoms with Crippen LogP contribution in [0.1, 0.15) is 13.3 Å². The number of carbonyl (C=O) groups excluding carboxylic acids is 1. The molecule has 0 radical (unpaired) electrons. The molecule has 0 aromatic heterocycles. The molecule has 0 bridgehead atoms. The molecule has 7 heteroatoms. The summed E-state index contributed by atoms with van der Waals surface area (Å²) in [6, 6.07) is 0. The average Bonchev–Trinajstić information content (AvgIpc) is 2.13. The van der Waals surface area contributed by atoms with E-state index < -0.39 is 18.6 Å². The highest BCUT2D eigenvalue weighted by molar-refractivity contribution is 5.77. The Morgan fingerprint density at radius 2 is 2.06 bits per heavy atom. The Kier molecular flexibility index (Phi) is 7.07. The number of hydrogen-bond acceptors (Lipinski definition) is 3. The van der Waals surface area contributed by atoms with Crippen LogP contribution in [0.15, 0.2) is 0 Å². The number of nitrogens with one attached hydrogen (secondary N) is 2. The van der Waals surface area contributed by atoms with Crippen molar-refractivity contribution in [3.63, 3.8) is 0 Å². The second-order valence-electron chi connectivity index (χ2n) is 3.64. The van der Waals surface area contributed by atoms with Crippen molar-refractivity contribution in [3.05, 3.63) is 0 Å². The molecule has 0 saturated carbocycles. The normalized spacial score (nSPS) is 13.6. The summed E-state index contributed by atoms with van der Waals surface area (Å²) in [5.41, 5.74) is 0. The van der Waals surface area contributed by atoms with E-state index in [4.69, 9.17) is 5.11 Å². The van der Waals surface area contributed by atoms with Crippen LogP contribution in [0.4, 0.5) is 13.2 Å². The SMILES string of the molecule is CC(CCO)CNC(=O)CNCC(F)(F)F. The minimum absolute atomic E-state index is 0.0311. The van der Waals surface area contributed by atoms with Crippen molar-refractivity contribution in [3.8, 4) is 0 Å². The van der Waals surface area contributed by atoms with Crippen molar-refractivity contribution in [2.24, 2.45) is 5.92 Å². The third-order valence-corrected chi connectivity index (χ3v) is 1.88. The van der Waals surface area contributed by atoms with Gasteiger partial charge in [0, 0.05) is 13.2 Å². The molecule has 4 nitrogen and oxygen atoms in total. The zero-order valence-electron chi connectivity index (χ0n) is 9.10. The van der Waals surface area contributed by atoms with Crippen molar-refractivity contribution in [2.75, 3.05) is 26.2 Å². The molecule has 96 valence electrons. The van der Waals surface area contributed by atoms with Crippen LogP contribution in [-0.2, 0) is 4.79 Å². The van der Waals surface area contributed by atoms with Gasteiger partial charge in [0.25, 0.3) is 0 Å². The number of alkyl halides is 3. The Morgan fingerprint density at radius 1 is 1.44 bits per heavy atom. The van der Waals surface area contributed by atoms with E-state index in [1.54, 1.807) is 0 Å². The Hall–Kier alpha value is -0.820. The molecule has 3 N–H and O–H groups in total. The van der Waals surface area contributed by atoms with Gasteiger partial charge >= 0.3 is 6.18 Å². The number of rotatable bonds is 7. The fourth-order valence-corrected chi connectivity index (χ4v) is 0.991. The van der Waals surface area contributed by atoms with Gasteiger partial charge in [0.1, 0.15) is 0 Å². The Balaban J connectivity index is 3.52. The minimum atomic E-state index is -4.30. The van der Waals surface area contributed by atoms with Crippen LogP contribution < -0.4 is 10.6 Å². The molecular formula is C9H17F3N2O2. The summed E-state index contributed by atoms with van der Waals surface area (Å²) in [5, 5.41) is 13.1. The maximum atomic E-state index is 11.7. The molecule has 0 fully saturated rings.